The van der Waals surface area contributed by atoms with Crippen LogP contribution in [0.15, 0.2) is 75.9 Å². The van der Waals surface area contributed by atoms with Gasteiger partial charge in [-0.3, -0.25) is 9.59 Å². The van der Waals surface area contributed by atoms with Crippen LogP contribution < -0.4 is 14.9 Å². The highest BCUT2D eigenvalue weighted by atomic mass is 19.1. The van der Waals surface area contributed by atoms with Crippen LogP contribution in [0.4, 0.5) is 4.39 Å². The van der Waals surface area contributed by atoms with Crippen LogP contribution in [-0.2, 0) is 6.54 Å². The Labute approximate surface area is 181 Å². The topological polar surface area (TPSA) is 69.0 Å². The minimum atomic E-state index is -0.704. The Bertz CT molecular complexity index is 1440. The van der Waals surface area contributed by atoms with Crippen molar-refractivity contribution in [3.63, 3.8) is 0 Å². The van der Waals surface area contributed by atoms with Gasteiger partial charge in [0.2, 0.25) is 12.6 Å². The molecule has 2 aliphatic rings. The minimum absolute atomic E-state index is 0.0174. The summed E-state index contributed by atoms with van der Waals surface area (Å²) >= 11 is 0. The number of benzene rings is 3. The van der Waals surface area contributed by atoms with Crippen molar-refractivity contribution in [2.75, 3.05) is 6.79 Å². The second-order valence-corrected chi connectivity index (χ2v) is 7.74. The fraction of sp³-hybridized carbons (Fsp3) is 0.120. The van der Waals surface area contributed by atoms with E-state index in [0.717, 1.165) is 5.56 Å². The van der Waals surface area contributed by atoms with Gasteiger partial charge in [0.1, 0.15) is 11.4 Å². The van der Waals surface area contributed by atoms with Gasteiger partial charge in [0.25, 0.3) is 5.91 Å². The minimum Gasteiger partial charge on any atom is -0.454 e. The molecule has 6 nitrogen and oxygen atoms in total. The molecule has 0 unspecified atom stereocenters. The maximum Gasteiger partial charge on any atom is 0.291 e. The van der Waals surface area contributed by atoms with Crippen LogP contribution in [0.25, 0.3) is 11.0 Å². The van der Waals surface area contributed by atoms with Crippen LogP contribution in [0.2, 0.25) is 0 Å². The lowest BCUT2D eigenvalue weighted by Crippen LogP contribution is -2.29. The molecule has 158 valence electrons. The van der Waals surface area contributed by atoms with E-state index in [0.29, 0.717) is 28.0 Å². The molecule has 0 bridgehead atoms. The zero-order chi connectivity index (χ0) is 21.8. The van der Waals surface area contributed by atoms with Gasteiger partial charge < -0.3 is 18.8 Å². The Morgan fingerprint density at radius 2 is 1.72 bits per heavy atom. The highest BCUT2D eigenvalue weighted by Crippen LogP contribution is 2.40. The van der Waals surface area contributed by atoms with E-state index >= 15 is 0 Å². The van der Waals surface area contributed by atoms with E-state index in [9.17, 15) is 14.0 Å². The van der Waals surface area contributed by atoms with Crippen molar-refractivity contribution >= 4 is 16.9 Å². The van der Waals surface area contributed by atoms with E-state index in [1.165, 1.54) is 12.1 Å². The second kappa shape index (κ2) is 6.95. The largest absolute Gasteiger partial charge is 0.454 e. The summed E-state index contributed by atoms with van der Waals surface area (Å²) in [5.74, 6) is 0.470. The number of halogens is 1. The van der Waals surface area contributed by atoms with Gasteiger partial charge in [-0.2, -0.15) is 0 Å². The Morgan fingerprint density at radius 1 is 0.938 bits per heavy atom. The fourth-order valence-electron chi connectivity index (χ4n) is 4.36. The molecule has 0 saturated carbocycles. The molecule has 1 atom stereocenters. The molecule has 1 amide bonds. The van der Waals surface area contributed by atoms with Crippen molar-refractivity contribution in [2.45, 2.75) is 12.6 Å². The van der Waals surface area contributed by atoms with Gasteiger partial charge in [-0.15, -0.1) is 0 Å². The number of hydrogen-bond donors (Lipinski definition) is 0. The molecule has 2 aliphatic heterocycles. The van der Waals surface area contributed by atoms with Crippen LogP contribution in [0.3, 0.4) is 0 Å². The summed E-state index contributed by atoms with van der Waals surface area (Å²) < 4.78 is 30.3. The molecule has 0 aliphatic carbocycles. The number of carbonyl (C=O) groups excluding carboxylic acids is 1. The van der Waals surface area contributed by atoms with E-state index in [2.05, 4.69) is 0 Å². The van der Waals surface area contributed by atoms with Crippen LogP contribution in [0.5, 0.6) is 11.5 Å². The summed E-state index contributed by atoms with van der Waals surface area (Å²) in [5.41, 5.74) is 1.78. The number of para-hydroxylation sites is 1. The van der Waals surface area contributed by atoms with E-state index < -0.39 is 17.8 Å². The van der Waals surface area contributed by atoms with E-state index in [-0.39, 0.29) is 30.1 Å². The zero-order valence-corrected chi connectivity index (χ0v) is 16.7. The van der Waals surface area contributed by atoms with E-state index in [1.54, 1.807) is 47.4 Å². The highest BCUT2D eigenvalue weighted by Gasteiger charge is 2.42. The third kappa shape index (κ3) is 2.78. The lowest BCUT2D eigenvalue weighted by Gasteiger charge is -2.25. The molecule has 6 rings (SSSR count). The smallest absolute Gasteiger partial charge is 0.291 e. The Balaban J connectivity index is 1.51. The number of ether oxygens (including phenoxy) is 2. The molecule has 3 heterocycles. The van der Waals surface area contributed by atoms with Gasteiger partial charge in [-0.1, -0.05) is 30.3 Å². The lowest BCUT2D eigenvalue weighted by molar-refractivity contribution is 0.0714. The van der Waals surface area contributed by atoms with Crippen LogP contribution >= 0.6 is 0 Å². The first-order chi connectivity index (χ1) is 15.6. The third-order valence-corrected chi connectivity index (χ3v) is 5.85. The Kier molecular flexibility index (Phi) is 4.04. The van der Waals surface area contributed by atoms with Crippen LogP contribution in [0.1, 0.15) is 33.3 Å². The van der Waals surface area contributed by atoms with Gasteiger partial charge in [0.05, 0.1) is 17.0 Å². The average Bonchev–Trinajstić information content (AvgIpc) is 3.38. The molecular weight excluding hydrogens is 413 g/mol. The number of fused-ring (bicyclic) bond motifs is 3. The standard InChI is InChI=1S/C25H16FNO5/c26-16-8-6-15(7-9-16)22-21-23(28)17-3-1-2-4-18(17)32-24(21)25(29)27(22)12-14-5-10-19-20(11-14)31-13-30-19/h1-11,22H,12-13H2/t22-/m1/s1. The quantitative estimate of drug-likeness (QED) is 0.483. The third-order valence-electron chi connectivity index (χ3n) is 5.85. The first-order valence-electron chi connectivity index (χ1n) is 10.1. The molecule has 32 heavy (non-hydrogen) atoms. The summed E-state index contributed by atoms with van der Waals surface area (Å²) in [5, 5.41) is 0.399. The molecule has 3 aromatic carbocycles. The Morgan fingerprint density at radius 3 is 2.56 bits per heavy atom. The molecule has 0 N–H and O–H groups in total. The van der Waals surface area contributed by atoms with Crippen molar-refractivity contribution in [1.29, 1.82) is 0 Å². The number of carbonyl (C=O) groups is 1. The first kappa shape index (κ1) is 18.6. The number of amides is 1. The highest BCUT2D eigenvalue weighted by molar-refractivity contribution is 5.99. The predicted octanol–water partition coefficient (Wildman–Crippen LogP) is 4.41. The van der Waals surface area contributed by atoms with Crippen molar-refractivity contribution in [2.24, 2.45) is 0 Å². The van der Waals surface area contributed by atoms with Gasteiger partial charge in [-0.25, -0.2) is 4.39 Å². The molecule has 7 heteroatoms. The van der Waals surface area contributed by atoms with Crippen molar-refractivity contribution in [1.82, 2.24) is 4.90 Å². The molecule has 0 radical (unpaired) electrons. The average molecular weight is 429 g/mol. The van der Waals surface area contributed by atoms with Gasteiger partial charge in [0, 0.05) is 6.54 Å². The Hall–Kier alpha value is -4.13. The lowest BCUT2D eigenvalue weighted by atomic mass is 9.98. The zero-order valence-electron chi connectivity index (χ0n) is 16.7. The monoisotopic (exact) mass is 429 g/mol. The normalized spacial score (nSPS) is 16.6. The van der Waals surface area contributed by atoms with Gasteiger partial charge in [0.15, 0.2) is 16.9 Å². The summed E-state index contributed by atoms with van der Waals surface area (Å²) in [7, 11) is 0. The molecular formula is C25H16FNO5. The van der Waals surface area contributed by atoms with Crippen molar-refractivity contribution in [3.8, 4) is 11.5 Å². The van der Waals surface area contributed by atoms with Crippen molar-refractivity contribution in [3.05, 3.63) is 105 Å². The second-order valence-electron chi connectivity index (χ2n) is 7.74. The maximum absolute atomic E-state index is 13.6. The first-order valence-corrected chi connectivity index (χ1v) is 10.1. The van der Waals surface area contributed by atoms with Crippen LogP contribution in [0, 0.1) is 5.82 Å². The van der Waals surface area contributed by atoms with Crippen LogP contribution in [-0.4, -0.2) is 17.6 Å². The SMILES string of the molecule is O=C1c2oc3ccccc3c(=O)c2[C@@H](c2ccc(F)cc2)N1Cc1ccc2c(c1)OCO2. The van der Waals surface area contributed by atoms with Gasteiger partial charge in [-0.05, 0) is 47.5 Å². The molecule has 0 saturated heterocycles. The number of rotatable bonds is 3. The number of hydrogen-bond acceptors (Lipinski definition) is 5. The molecule has 4 aromatic rings. The summed E-state index contributed by atoms with van der Waals surface area (Å²) in [6, 6.07) is 17.4. The van der Waals surface area contributed by atoms with E-state index in [1.807, 2.05) is 12.1 Å². The fourth-order valence-corrected chi connectivity index (χ4v) is 4.36. The summed E-state index contributed by atoms with van der Waals surface area (Å²) in [6.45, 7) is 0.355. The maximum atomic E-state index is 13.6. The predicted molar refractivity (Wildman–Crippen MR) is 113 cm³/mol. The summed E-state index contributed by atoms with van der Waals surface area (Å²) in [6.07, 6.45) is 0. The number of nitrogens with zero attached hydrogens (tertiary/aromatic N) is 1. The molecule has 0 fully saturated rings. The van der Waals surface area contributed by atoms with Crippen molar-refractivity contribution < 1.29 is 23.1 Å². The van der Waals surface area contributed by atoms with Gasteiger partial charge >= 0.3 is 0 Å². The molecule has 1 aromatic heterocycles. The summed E-state index contributed by atoms with van der Waals surface area (Å²) in [4.78, 5) is 28.4. The molecule has 0 spiro atoms. The van der Waals surface area contributed by atoms with E-state index in [4.69, 9.17) is 13.9 Å².